The van der Waals surface area contributed by atoms with Crippen LogP contribution in [0.4, 0.5) is 14.5 Å². The molecule has 154 valence electrons. The first-order valence-electron chi connectivity index (χ1n) is 9.27. The fourth-order valence-electron chi connectivity index (χ4n) is 3.26. The molecule has 0 spiro atoms. The molecule has 2 heterocycles. The fourth-order valence-corrected chi connectivity index (χ4v) is 3.26. The monoisotopic (exact) mass is 504 g/mol. The molecule has 1 aromatic carbocycles. The average Bonchev–Trinajstić information content (AvgIpc) is 3.35. The van der Waals surface area contributed by atoms with E-state index in [-0.39, 0.29) is 24.0 Å². The Morgan fingerprint density at radius 1 is 1.29 bits per heavy atom. The van der Waals surface area contributed by atoms with E-state index >= 15 is 0 Å². The van der Waals surface area contributed by atoms with Gasteiger partial charge in [0.2, 0.25) is 0 Å². The van der Waals surface area contributed by atoms with Crippen molar-refractivity contribution in [3.05, 3.63) is 48.3 Å². The molecule has 2 aromatic rings. The number of anilines is 1. The Balaban J connectivity index is 0.00000280. The van der Waals surface area contributed by atoms with Crippen LogP contribution >= 0.6 is 24.0 Å². The van der Waals surface area contributed by atoms with Crippen LogP contribution in [0.15, 0.2) is 41.7 Å². The molecule has 3 rings (SSSR count). The number of hydrogen-bond acceptors (Lipinski definition) is 3. The molecule has 0 saturated carbocycles. The molecule has 0 radical (unpaired) electrons. The van der Waals surface area contributed by atoms with Gasteiger partial charge in [0, 0.05) is 63.9 Å². The molecule has 1 aromatic heterocycles. The second kappa shape index (κ2) is 11.2. The number of hydrogen-bond donors (Lipinski definition) is 2. The maximum atomic E-state index is 13.4. The molecule has 1 aliphatic heterocycles. The summed E-state index contributed by atoms with van der Waals surface area (Å²) in [5, 5.41) is 10.8. The van der Waals surface area contributed by atoms with Crippen molar-refractivity contribution in [2.75, 3.05) is 38.1 Å². The third-order valence-corrected chi connectivity index (χ3v) is 4.75. The van der Waals surface area contributed by atoms with Crippen molar-refractivity contribution in [3.63, 3.8) is 0 Å². The average molecular weight is 504 g/mol. The maximum Gasteiger partial charge on any atom is 0.190 e. The predicted octanol–water partition coefficient (Wildman–Crippen LogP) is 2.86. The Kier molecular flexibility index (Phi) is 8.94. The van der Waals surface area contributed by atoms with Crippen molar-refractivity contribution in [2.24, 2.45) is 10.9 Å². The zero-order valence-corrected chi connectivity index (χ0v) is 18.3. The van der Waals surface area contributed by atoms with E-state index in [1.165, 1.54) is 12.1 Å². The van der Waals surface area contributed by atoms with E-state index in [0.29, 0.717) is 5.92 Å². The summed E-state index contributed by atoms with van der Waals surface area (Å²) in [6.07, 6.45) is 5.68. The lowest BCUT2D eigenvalue weighted by molar-refractivity contribution is 0.508. The minimum absolute atomic E-state index is 0. The highest BCUT2D eigenvalue weighted by atomic mass is 127. The van der Waals surface area contributed by atoms with E-state index in [1.54, 1.807) is 19.3 Å². The van der Waals surface area contributed by atoms with Crippen molar-refractivity contribution >= 4 is 35.6 Å². The summed E-state index contributed by atoms with van der Waals surface area (Å²) in [4.78, 5) is 6.34. The molecule has 2 N–H and O–H groups in total. The van der Waals surface area contributed by atoms with Gasteiger partial charge < -0.3 is 15.5 Å². The molecule has 1 fully saturated rings. The van der Waals surface area contributed by atoms with E-state index in [2.05, 4.69) is 25.6 Å². The topological polar surface area (TPSA) is 57.5 Å². The van der Waals surface area contributed by atoms with Crippen LogP contribution < -0.4 is 15.5 Å². The Hall–Kier alpha value is -1.91. The third kappa shape index (κ3) is 6.32. The van der Waals surface area contributed by atoms with E-state index < -0.39 is 11.6 Å². The summed E-state index contributed by atoms with van der Waals surface area (Å²) in [6, 6.07) is 6.00. The zero-order valence-electron chi connectivity index (χ0n) is 15.9. The van der Waals surface area contributed by atoms with Gasteiger partial charge in [0.1, 0.15) is 0 Å². The quantitative estimate of drug-likeness (QED) is 0.264. The molecule has 1 aliphatic rings. The van der Waals surface area contributed by atoms with Crippen LogP contribution in [0.1, 0.15) is 12.8 Å². The van der Waals surface area contributed by atoms with Gasteiger partial charge in [-0.3, -0.25) is 9.67 Å². The molecule has 1 saturated heterocycles. The number of benzene rings is 1. The van der Waals surface area contributed by atoms with Crippen molar-refractivity contribution in [1.29, 1.82) is 0 Å². The van der Waals surface area contributed by atoms with Gasteiger partial charge >= 0.3 is 0 Å². The van der Waals surface area contributed by atoms with E-state index in [9.17, 15) is 8.78 Å². The fraction of sp³-hybridized carbons (Fsp3) is 0.474. The minimum Gasteiger partial charge on any atom is -0.371 e. The van der Waals surface area contributed by atoms with Crippen molar-refractivity contribution in [3.8, 4) is 0 Å². The summed E-state index contributed by atoms with van der Waals surface area (Å²) in [7, 11) is 1.76. The van der Waals surface area contributed by atoms with Crippen LogP contribution in [0.25, 0.3) is 0 Å². The van der Waals surface area contributed by atoms with Crippen LogP contribution in [0.2, 0.25) is 0 Å². The largest absolute Gasteiger partial charge is 0.371 e. The second-order valence-corrected chi connectivity index (χ2v) is 6.70. The van der Waals surface area contributed by atoms with E-state index in [4.69, 9.17) is 0 Å². The lowest BCUT2D eigenvalue weighted by Crippen LogP contribution is -2.40. The standard InChI is InChI=1S/C19H26F2N6.HI/c1-22-19(23-7-2-9-27-10-3-8-25-27)24-13-15-6-11-26(14-15)16-4-5-17(20)18(21)12-16;/h3-5,8,10,12,15H,2,6-7,9,11,13-14H2,1H3,(H2,22,23,24);1H. The first-order chi connectivity index (χ1) is 13.2. The minimum atomic E-state index is -0.807. The highest BCUT2D eigenvalue weighted by Gasteiger charge is 2.23. The molecule has 9 heteroatoms. The van der Waals surface area contributed by atoms with Gasteiger partial charge in [0.15, 0.2) is 17.6 Å². The highest BCUT2D eigenvalue weighted by Crippen LogP contribution is 2.24. The number of nitrogens with zero attached hydrogens (tertiary/aromatic N) is 4. The molecule has 0 aliphatic carbocycles. The Morgan fingerprint density at radius 3 is 2.86 bits per heavy atom. The molecule has 28 heavy (non-hydrogen) atoms. The van der Waals surface area contributed by atoms with E-state index in [1.807, 2.05) is 16.9 Å². The number of aromatic nitrogens is 2. The van der Waals surface area contributed by atoms with Gasteiger partial charge in [-0.2, -0.15) is 5.10 Å². The Morgan fingerprint density at radius 2 is 2.14 bits per heavy atom. The number of halogens is 3. The molecule has 0 bridgehead atoms. The molecule has 1 unspecified atom stereocenters. The van der Waals surface area contributed by atoms with Gasteiger partial charge in [-0.05, 0) is 37.0 Å². The predicted molar refractivity (Wildman–Crippen MR) is 118 cm³/mol. The first kappa shape index (κ1) is 22.4. The summed E-state index contributed by atoms with van der Waals surface area (Å²) in [5.41, 5.74) is 0.734. The number of aryl methyl sites for hydroxylation is 1. The number of aliphatic imine (C=N–C) groups is 1. The summed E-state index contributed by atoms with van der Waals surface area (Å²) in [5.74, 6) is -0.394. The maximum absolute atomic E-state index is 13.4. The van der Waals surface area contributed by atoms with Crippen molar-refractivity contribution < 1.29 is 8.78 Å². The second-order valence-electron chi connectivity index (χ2n) is 6.70. The first-order valence-corrected chi connectivity index (χ1v) is 9.27. The molecular weight excluding hydrogens is 477 g/mol. The SMILES string of the molecule is CN=C(NCCCn1cccn1)NCC1CCN(c2ccc(F)c(F)c2)C1.I. The lowest BCUT2D eigenvalue weighted by atomic mass is 10.1. The lowest BCUT2D eigenvalue weighted by Gasteiger charge is -2.19. The zero-order chi connectivity index (χ0) is 19.1. The molecule has 1 atom stereocenters. The van der Waals surface area contributed by atoms with Crippen molar-refractivity contribution in [1.82, 2.24) is 20.4 Å². The molecule has 0 amide bonds. The smallest absolute Gasteiger partial charge is 0.190 e. The normalized spacial score (nSPS) is 16.8. The number of nitrogens with one attached hydrogen (secondary N) is 2. The van der Waals surface area contributed by atoms with Gasteiger partial charge in [-0.25, -0.2) is 8.78 Å². The van der Waals surface area contributed by atoms with E-state index in [0.717, 1.165) is 57.2 Å². The summed E-state index contributed by atoms with van der Waals surface area (Å²) in [6.45, 7) is 4.12. The van der Waals surface area contributed by atoms with Gasteiger partial charge in [0.25, 0.3) is 0 Å². The summed E-state index contributed by atoms with van der Waals surface area (Å²) < 4.78 is 28.4. The van der Waals surface area contributed by atoms with Crippen LogP contribution in [0, 0.1) is 17.6 Å². The van der Waals surface area contributed by atoms with Gasteiger partial charge in [-0.1, -0.05) is 0 Å². The number of rotatable bonds is 7. The Bertz CT molecular complexity index is 753. The highest BCUT2D eigenvalue weighted by molar-refractivity contribution is 14.0. The van der Waals surface area contributed by atoms with Gasteiger partial charge in [-0.15, -0.1) is 24.0 Å². The van der Waals surface area contributed by atoms with Crippen LogP contribution in [-0.4, -0.2) is 49.0 Å². The Labute approximate surface area is 181 Å². The summed E-state index contributed by atoms with van der Waals surface area (Å²) >= 11 is 0. The van der Waals surface area contributed by atoms with Crippen molar-refractivity contribution in [2.45, 2.75) is 19.4 Å². The third-order valence-electron chi connectivity index (χ3n) is 4.75. The molecule has 6 nitrogen and oxygen atoms in total. The van der Waals surface area contributed by atoms with Crippen LogP contribution in [-0.2, 0) is 6.54 Å². The van der Waals surface area contributed by atoms with Gasteiger partial charge in [0.05, 0.1) is 0 Å². The number of guanidine groups is 1. The molecular formula is C19H27F2IN6. The van der Waals surface area contributed by atoms with Crippen LogP contribution in [0.5, 0.6) is 0 Å². The van der Waals surface area contributed by atoms with Crippen LogP contribution in [0.3, 0.4) is 0 Å².